The van der Waals surface area contributed by atoms with Crippen molar-refractivity contribution in [2.45, 2.75) is 31.1 Å². The van der Waals surface area contributed by atoms with Crippen LogP contribution in [0.15, 0.2) is 102 Å². The SMILES string of the molecule is C=Cc1cccc(C(CC)c2ccc(C(=O)OC)cc2NC=O)c1.CNO.Cc1ccc(-c2ccccc2S(N)(=O)=O)cc1. The molecule has 9 nitrogen and oxygen atoms in total. The molecule has 4 rings (SSSR count). The summed E-state index contributed by atoms with van der Waals surface area (Å²) in [6.45, 7) is 7.88. The number of aryl methyl sites for hydroxylation is 1. The van der Waals surface area contributed by atoms with Gasteiger partial charge in [-0.25, -0.2) is 23.8 Å². The molecule has 1 atom stereocenters. The number of nitrogens with one attached hydrogen (secondary N) is 2. The zero-order chi connectivity index (χ0) is 32.7. The van der Waals surface area contributed by atoms with Gasteiger partial charge in [0.25, 0.3) is 0 Å². The Labute approximate surface area is 259 Å². The van der Waals surface area contributed by atoms with Crippen molar-refractivity contribution in [3.05, 3.63) is 125 Å². The lowest BCUT2D eigenvalue weighted by atomic mass is 9.86. The largest absolute Gasteiger partial charge is 0.465 e. The van der Waals surface area contributed by atoms with Crippen LogP contribution in [0.1, 0.15) is 51.9 Å². The van der Waals surface area contributed by atoms with Crippen molar-refractivity contribution in [1.82, 2.24) is 5.48 Å². The molecule has 1 unspecified atom stereocenters. The number of rotatable bonds is 9. The lowest BCUT2D eigenvalue weighted by Gasteiger charge is -2.20. The Bertz CT molecular complexity index is 1650. The number of carbonyl (C=O) groups excluding carboxylic acids is 2. The van der Waals surface area contributed by atoms with Gasteiger partial charge in [0.05, 0.1) is 17.6 Å². The summed E-state index contributed by atoms with van der Waals surface area (Å²) in [5, 5.41) is 15.2. The van der Waals surface area contributed by atoms with E-state index in [4.69, 9.17) is 15.1 Å². The number of nitrogens with two attached hydrogens (primary N) is 1. The van der Waals surface area contributed by atoms with Crippen LogP contribution in [0.3, 0.4) is 0 Å². The van der Waals surface area contributed by atoms with Crippen LogP contribution in [-0.2, 0) is 19.6 Å². The number of ether oxygens (including phenoxy) is 1. The van der Waals surface area contributed by atoms with E-state index in [0.29, 0.717) is 23.2 Å². The van der Waals surface area contributed by atoms with Crippen molar-refractivity contribution in [3.8, 4) is 11.1 Å². The van der Waals surface area contributed by atoms with Gasteiger partial charge in [0.1, 0.15) is 0 Å². The number of esters is 1. The molecular weight excluding hydrogens is 578 g/mol. The lowest BCUT2D eigenvalue weighted by Crippen LogP contribution is -2.13. The van der Waals surface area contributed by atoms with E-state index in [1.807, 2.05) is 49.4 Å². The van der Waals surface area contributed by atoms with Crippen LogP contribution >= 0.6 is 0 Å². The van der Waals surface area contributed by atoms with E-state index in [0.717, 1.165) is 34.2 Å². The van der Waals surface area contributed by atoms with Crippen molar-refractivity contribution in [2.75, 3.05) is 19.5 Å². The summed E-state index contributed by atoms with van der Waals surface area (Å²) >= 11 is 0. The average molecular weight is 618 g/mol. The van der Waals surface area contributed by atoms with E-state index in [9.17, 15) is 18.0 Å². The molecule has 0 aliphatic carbocycles. The van der Waals surface area contributed by atoms with E-state index in [1.165, 1.54) is 20.2 Å². The van der Waals surface area contributed by atoms with E-state index < -0.39 is 16.0 Å². The van der Waals surface area contributed by atoms with Gasteiger partial charge >= 0.3 is 5.97 Å². The second-order valence-corrected chi connectivity index (χ2v) is 11.1. The summed E-state index contributed by atoms with van der Waals surface area (Å²) in [5.74, 6) is -0.337. The first-order valence-electron chi connectivity index (χ1n) is 13.7. The van der Waals surface area contributed by atoms with Gasteiger partial charge in [0, 0.05) is 24.2 Å². The maximum atomic E-state index is 11.7. The quantitative estimate of drug-likeness (QED) is 0.100. The number of hydrogen-bond donors (Lipinski definition) is 4. The molecule has 0 saturated carbocycles. The normalized spacial score (nSPS) is 11.0. The third-order valence-electron chi connectivity index (χ3n) is 6.58. The number of amides is 1. The summed E-state index contributed by atoms with van der Waals surface area (Å²) < 4.78 is 27.7. The second-order valence-electron chi connectivity index (χ2n) is 9.52. The number of benzene rings is 4. The van der Waals surface area contributed by atoms with Gasteiger partial charge in [-0.1, -0.05) is 97.9 Å². The molecule has 0 saturated heterocycles. The van der Waals surface area contributed by atoms with E-state index in [-0.39, 0.29) is 10.8 Å². The molecule has 44 heavy (non-hydrogen) atoms. The molecule has 0 spiro atoms. The van der Waals surface area contributed by atoms with Crippen molar-refractivity contribution in [2.24, 2.45) is 5.14 Å². The number of hydroxylamine groups is 1. The number of sulfonamides is 1. The summed E-state index contributed by atoms with van der Waals surface area (Å²) in [6.07, 6.45) is 3.28. The monoisotopic (exact) mass is 617 g/mol. The van der Waals surface area contributed by atoms with E-state index >= 15 is 0 Å². The summed E-state index contributed by atoms with van der Waals surface area (Å²) in [7, 11) is -0.929. The van der Waals surface area contributed by atoms with E-state index in [2.05, 4.69) is 31.0 Å². The Balaban J connectivity index is 0.000000295. The van der Waals surface area contributed by atoms with Crippen molar-refractivity contribution >= 4 is 34.2 Å². The van der Waals surface area contributed by atoms with Gasteiger partial charge in [-0.05, 0) is 53.8 Å². The Morgan fingerprint density at radius 2 is 1.68 bits per heavy atom. The number of hydrogen-bond acceptors (Lipinski definition) is 7. The average Bonchev–Trinajstić information content (AvgIpc) is 3.02. The molecule has 0 bridgehead atoms. The van der Waals surface area contributed by atoms with Crippen LogP contribution in [0, 0.1) is 6.92 Å². The predicted octanol–water partition coefficient (Wildman–Crippen LogP) is 6.13. The first-order chi connectivity index (χ1) is 21.0. The molecule has 0 aromatic heterocycles. The Morgan fingerprint density at radius 3 is 2.25 bits per heavy atom. The van der Waals surface area contributed by atoms with Crippen molar-refractivity contribution < 1.29 is 28.0 Å². The van der Waals surface area contributed by atoms with Crippen LogP contribution in [-0.4, -0.2) is 40.2 Å². The van der Waals surface area contributed by atoms with Gasteiger partial charge in [-0.2, -0.15) is 0 Å². The smallest absolute Gasteiger partial charge is 0.337 e. The first kappa shape index (κ1) is 35.6. The molecule has 10 heteroatoms. The molecule has 0 radical (unpaired) electrons. The maximum absolute atomic E-state index is 11.7. The Kier molecular flexibility index (Phi) is 14.1. The number of anilines is 1. The van der Waals surface area contributed by atoms with E-state index in [1.54, 1.807) is 41.9 Å². The van der Waals surface area contributed by atoms with Crippen molar-refractivity contribution in [3.63, 3.8) is 0 Å². The van der Waals surface area contributed by atoms with Crippen molar-refractivity contribution in [1.29, 1.82) is 0 Å². The zero-order valence-electron chi connectivity index (χ0n) is 25.3. The topological polar surface area (TPSA) is 148 Å². The molecule has 5 N–H and O–H groups in total. The minimum absolute atomic E-state index is 0.0963. The fourth-order valence-electron chi connectivity index (χ4n) is 4.52. The summed E-state index contributed by atoms with van der Waals surface area (Å²) in [6, 6.07) is 27.7. The minimum Gasteiger partial charge on any atom is -0.465 e. The zero-order valence-corrected chi connectivity index (χ0v) is 26.1. The van der Waals surface area contributed by atoms with Gasteiger partial charge in [0.2, 0.25) is 16.4 Å². The van der Waals surface area contributed by atoms with Crippen LogP contribution in [0.5, 0.6) is 0 Å². The second kappa shape index (κ2) is 17.5. The fraction of sp³-hybridized carbons (Fsp3) is 0.176. The van der Waals surface area contributed by atoms with Crippen LogP contribution in [0.25, 0.3) is 17.2 Å². The molecule has 4 aromatic carbocycles. The highest BCUT2D eigenvalue weighted by Crippen LogP contribution is 2.34. The Hall–Kier alpha value is -4.61. The molecule has 0 heterocycles. The van der Waals surface area contributed by atoms with Gasteiger partial charge < -0.3 is 15.3 Å². The maximum Gasteiger partial charge on any atom is 0.337 e. The number of primary sulfonamides is 1. The highest BCUT2D eigenvalue weighted by Gasteiger charge is 2.18. The number of methoxy groups -OCH3 is 1. The highest BCUT2D eigenvalue weighted by atomic mass is 32.2. The Morgan fingerprint density at radius 1 is 1.02 bits per heavy atom. The summed E-state index contributed by atoms with van der Waals surface area (Å²) in [4.78, 5) is 22.9. The van der Waals surface area contributed by atoms with Crippen LogP contribution < -0.4 is 15.9 Å². The molecule has 1 amide bonds. The highest BCUT2D eigenvalue weighted by molar-refractivity contribution is 7.89. The minimum atomic E-state index is -3.69. The lowest BCUT2D eigenvalue weighted by molar-refractivity contribution is -0.105. The molecule has 4 aromatic rings. The summed E-state index contributed by atoms with van der Waals surface area (Å²) in [5.41, 5.74) is 8.51. The molecular formula is C34H39N3O6S. The first-order valence-corrected chi connectivity index (χ1v) is 15.2. The van der Waals surface area contributed by atoms with Gasteiger partial charge in [-0.3, -0.25) is 4.79 Å². The van der Waals surface area contributed by atoms with Gasteiger partial charge in [-0.15, -0.1) is 0 Å². The third kappa shape index (κ3) is 9.99. The van der Waals surface area contributed by atoms with Gasteiger partial charge in [0.15, 0.2) is 0 Å². The molecule has 232 valence electrons. The standard InChI is InChI=1S/C20H21NO3.C13H13NO2S.CH5NO/c1-4-14-7-6-8-15(11-14)17(5-2)18-10-9-16(20(23)24-3)12-19(18)21-13-22;1-10-6-8-11(9-7-10)12-4-2-3-5-13(12)17(14,15)16;1-2-3/h4,6-13,17H,1,5H2,2-3H3,(H,21,22);2-9H,1H3,(H2,14,15,16);2-3H,1H3. The third-order valence-corrected chi connectivity index (χ3v) is 7.55. The predicted molar refractivity (Wildman–Crippen MR) is 175 cm³/mol. The van der Waals surface area contributed by atoms with Crippen LogP contribution in [0.4, 0.5) is 5.69 Å². The fourth-order valence-corrected chi connectivity index (χ4v) is 5.28. The molecule has 0 fully saturated rings. The number of carbonyl (C=O) groups is 2. The molecule has 0 aliphatic heterocycles. The molecule has 0 aliphatic rings. The van der Waals surface area contributed by atoms with Crippen LogP contribution in [0.2, 0.25) is 0 Å².